The van der Waals surface area contributed by atoms with Crippen LogP contribution in [0, 0.1) is 17.7 Å². The number of halogens is 2. The number of hydrogen-bond acceptors (Lipinski definition) is 3. The second-order valence-electron chi connectivity index (χ2n) is 6.37. The van der Waals surface area contributed by atoms with Crippen molar-refractivity contribution in [2.24, 2.45) is 11.8 Å². The van der Waals surface area contributed by atoms with Crippen molar-refractivity contribution in [3.05, 3.63) is 34.6 Å². The largest absolute Gasteiger partial charge is 0.481 e. The highest BCUT2D eigenvalue weighted by atomic mass is 35.5. The van der Waals surface area contributed by atoms with Crippen LogP contribution in [-0.2, 0) is 9.59 Å². The van der Waals surface area contributed by atoms with Crippen LogP contribution in [0.15, 0.2) is 18.2 Å². The van der Waals surface area contributed by atoms with Crippen LogP contribution in [0.1, 0.15) is 23.2 Å². The SMILES string of the molecule is O=C(O)C1CCC1C(=O)N1CCN(C(=O)c2ccc(Cl)cc2F)CC1. The number of aliphatic carboxylic acids is 1. The summed E-state index contributed by atoms with van der Waals surface area (Å²) in [6, 6.07) is 3.90. The zero-order valence-corrected chi connectivity index (χ0v) is 14.2. The number of carbonyl (C=O) groups excluding carboxylic acids is 2. The molecule has 1 saturated carbocycles. The van der Waals surface area contributed by atoms with Gasteiger partial charge in [-0.05, 0) is 31.0 Å². The van der Waals surface area contributed by atoms with Gasteiger partial charge in [0.2, 0.25) is 5.91 Å². The van der Waals surface area contributed by atoms with E-state index in [4.69, 9.17) is 16.7 Å². The molecule has 0 radical (unpaired) electrons. The molecule has 0 bridgehead atoms. The number of carbonyl (C=O) groups is 3. The minimum Gasteiger partial charge on any atom is -0.481 e. The standard InChI is InChI=1S/C17H18ClFN2O4/c18-10-1-2-13(14(19)9-10)16(23)21-7-5-20(6-8-21)15(22)11-3-4-12(11)17(24)25/h1-2,9,11-12H,3-8H2,(H,24,25). The summed E-state index contributed by atoms with van der Waals surface area (Å²) in [5.41, 5.74) is -0.0471. The maximum atomic E-state index is 13.9. The molecule has 1 aromatic rings. The molecule has 0 aromatic heterocycles. The van der Waals surface area contributed by atoms with Crippen LogP contribution in [0.3, 0.4) is 0 Å². The number of carboxylic acids is 1. The number of nitrogens with zero attached hydrogens (tertiary/aromatic N) is 2. The van der Waals surface area contributed by atoms with Crippen molar-refractivity contribution in [2.75, 3.05) is 26.2 Å². The Labute approximate surface area is 149 Å². The molecule has 2 atom stereocenters. The third-order valence-corrected chi connectivity index (χ3v) is 5.18. The van der Waals surface area contributed by atoms with E-state index in [-0.39, 0.29) is 29.6 Å². The zero-order valence-electron chi connectivity index (χ0n) is 13.5. The van der Waals surface area contributed by atoms with Gasteiger partial charge in [-0.2, -0.15) is 0 Å². The summed E-state index contributed by atoms with van der Waals surface area (Å²) in [7, 11) is 0. The van der Waals surface area contributed by atoms with Gasteiger partial charge in [0, 0.05) is 31.2 Å². The molecular formula is C17H18ClFN2O4. The monoisotopic (exact) mass is 368 g/mol. The molecular weight excluding hydrogens is 351 g/mol. The third kappa shape index (κ3) is 3.46. The van der Waals surface area contributed by atoms with Gasteiger partial charge in [-0.15, -0.1) is 0 Å². The first kappa shape index (κ1) is 17.7. The Morgan fingerprint density at radius 2 is 1.64 bits per heavy atom. The van der Waals surface area contributed by atoms with Gasteiger partial charge in [0.15, 0.2) is 0 Å². The molecule has 1 saturated heterocycles. The van der Waals surface area contributed by atoms with Crippen molar-refractivity contribution in [1.29, 1.82) is 0 Å². The molecule has 1 heterocycles. The maximum Gasteiger partial charge on any atom is 0.307 e. The van der Waals surface area contributed by atoms with Gasteiger partial charge in [0.05, 0.1) is 17.4 Å². The van der Waals surface area contributed by atoms with E-state index in [0.29, 0.717) is 25.9 Å². The Balaban J connectivity index is 1.59. The maximum absolute atomic E-state index is 13.9. The number of carboxylic acid groups (broad SMARTS) is 1. The summed E-state index contributed by atoms with van der Waals surface area (Å²) < 4.78 is 13.9. The summed E-state index contributed by atoms with van der Waals surface area (Å²) >= 11 is 5.69. The van der Waals surface area contributed by atoms with E-state index in [0.717, 1.165) is 6.07 Å². The van der Waals surface area contributed by atoms with Crippen LogP contribution >= 0.6 is 11.6 Å². The molecule has 8 heteroatoms. The predicted molar refractivity (Wildman–Crippen MR) is 87.7 cm³/mol. The summed E-state index contributed by atoms with van der Waals surface area (Å²) in [4.78, 5) is 39.0. The minimum absolute atomic E-state index is 0.0471. The molecule has 2 aliphatic rings. The Bertz CT molecular complexity index is 719. The fourth-order valence-electron chi connectivity index (χ4n) is 3.29. The molecule has 134 valence electrons. The first-order valence-electron chi connectivity index (χ1n) is 8.14. The van der Waals surface area contributed by atoms with Crippen LogP contribution in [0.25, 0.3) is 0 Å². The molecule has 3 rings (SSSR count). The van der Waals surface area contributed by atoms with E-state index < -0.39 is 29.5 Å². The second-order valence-corrected chi connectivity index (χ2v) is 6.81. The lowest BCUT2D eigenvalue weighted by atomic mass is 9.73. The Morgan fingerprint density at radius 3 is 2.16 bits per heavy atom. The average molecular weight is 369 g/mol. The van der Waals surface area contributed by atoms with Crippen molar-refractivity contribution in [3.8, 4) is 0 Å². The molecule has 1 aliphatic carbocycles. The minimum atomic E-state index is -0.934. The van der Waals surface area contributed by atoms with E-state index in [1.54, 1.807) is 4.90 Å². The molecule has 25 heavy (non-hydrogen) atoms. The molecule has 0 spiro atoms. The third-order valence-electron chi connectivity index (χ3n) is 4.95. The zero-order chi connectivity index (χ0) is 18.1. The van der Waals surface area contributed by atoms with Gasteiger partial charge < -0.3 is 14.9 Å². The molecule has 2 unspecified atom stereocenters. The van der Waals surface area contributed by atoms with Crippen LogP contribution in [0.5, 0.6) is 0 Å². The Kier molecular flexibility index (Phi) is 4.94. The number of hydrogen-bond donors (Lipinski definition) is 1. The lowest BCUT2D eigenvalue weighted by Crippen LogP contribution is -2.54. The van der Waals surface area contributed by atoms with Gasteiger partial charge in [-0.25, -0.2) is 4.39 Å². The summed E-state index contributed by atoms with van der Waals surface area (Å²) in [6.45, 7) is 1.22. The molecule has 2 amide bonds. The predicted octanol–water partition coefficient (Wildman–Crippen LogP) is 1.87. The first-order valence-corrected chi connectivity index (χ1v) is 8.52. The van der Waals surface area contributed by atoms with E-state index in [1.165, 1.54) is 17.0 Å². The van der Waals surface area contributed by atoms with Gasteiger partial charge in [0.25, 0.3) is 5.91 Å². The summed E-state index contributed by atoms with van der Waals surface area (Å²) in [5, 5.41) is 9.29. The van der Waals surface area contributed by atoms with Crippen molar-refractivity contribution in [2.45, 2.75) is 12.8 Å². The highest BCUT2D eigenvalue weighted by Crippen LogP contribution is 2.36. The van der Waals surface area contributed by atoms with E-state index in [9.17, 15) is 18.8 Å². The molecule has 6 nitrogen and oxygen atoms in total. The Morgan fingerprint density at radius 1 is 1.04 bits per heavy atom. The van der Waals surface area contributed by atoms with Crippen LogP contribution < -0.4 is 0 Å². The number of piperazine rings is 1. The van der Waals surface area contributed by atoms with Gasteiger partial charge >= 0.3 is 5.97 Å². The van der Waals surface area contributed by atoms with Gasteiger partial charge in [0.1, 0.15) is 5.82 Å². The highest BCUT2D eigenvalue weighted by Gasteiger charge is 2.43. The highest BCUT2D eigenvalue weighted by molar-refractivity contribution is 6.30. The van der Waals surface area contributed by atoms with E-state index in [1.807, 2.05) is 0 Å². The van der Waals surface area contributed by atoms with Crippen LogP contribution in [-0.4, -0.2) is 58.9 Å². The summed E-state index contributed by atoms with van der Waals surface area (Å²) in [5.74, 6) is -3.27. The Hall–Kier alpha value is -2.15. The number of rotatable bonds is 3. The number of amides is 2. The van der Waals surface area contributed by atoms with Crippen molar-refractivity contribution >= 4 is 29.4 Å². The lowest BCUT2D eigenvalue weighted by Gasteiger charge is -2.40. The number of benzene rings is 1. The lowest BCUT2D eigenvalue weighted by molar-refractivity contribution is -0.157. The fraction of sp³-hybridized carbons (Fsp3) is 0.471. The van der Waals surface area contributed by atoms with Crippen molar-refractivity contribution < 1.29 is 23.9 Å². The van der Waals surface area contributed by atoms with Crippen LogP contribution in [0.4, 0.5) is 4.39 Å². The average Bonchev–Trinajstić information content (AvgIpc) is 2.53. The summed E-state index contributed by atoms with van der Waals surface area (Å²) in [6.07, 6.45) is 1.12. The second kappa shape index (κ2) is 7.00. The van der Waals surface area contributed by atoms with Crippen molar-refractivity contribution in [3.63, 3.8) is 0 Å². The van der Waals surface area contributed by atoms with Gasteiger partial charge in [-0.3, -0.25) is 14.4 Å². The van der Waals surface area contributed by atoms with E-state index in [2.05, 4.69) is 0 Å². The van der Waals surface area contributed by atoms with Gasteiger partial charge in [-0.1, -0.05) is 11.6 Å². The normalized spacial score (nSPS) is 23.1. The molecule has 1 aliphatic heterocycles. The first-order chi connectivity index (χ1) is 11.9. The topological polar surface area (TPSA) is 77.9 Å². The molecule has 1 N–H and O–H groups in total. The van der Waals surface area contributed by atoms with Crippen LogP contribution in [0.2, 0.25) is 5.02 Å². The van der Waals surface area contributed by atoms with E-state index >= 15 is 0 Å². The fourth-order valence-corrected chi connectivity index (χ4v) is 3.45. The molecule has 1 aromatic carbocycles. The molecule has 2 fully saturated rings. The smallest absolute Gasteiger partial charge is 0.307 e. The van der Waals surface area contributed by atoms with Crippen molar-refractivity contribution in [1.82, 2.24) is 9.80 Å². The quantitative estimate of drug-likeness (QED) is 0.883.